The number of anilines is 1. The Balaban J connectivity index is 2.03. The number of halogens is 3. The summed E-state index contributed by atoms with van der Waals surface area (Å²) < 4.78 is 0. The minimum absolute atomic E-state index is 0.434. The molecule has 0 aliphatic heterocycles. The van der Waals surface area contributed by atoms with E-state index in [1.807, 2.05) is 0 Å². The smallest absolute Gasteiger partial charge is 0.0819 e. The Morgan fingerprint density at radius 2 is 1.61 bits per heavy atom. The molecule has 2 N–H and O–H groups in total. The van der Waals surface area contributed by atoms with Crippen LogP contribution in [0, 0.1) is 0 Å². The first-order chi connectivity index (χ1) is 8.50. The summed E-state index contributed by atoms with van der Waals surface area (Å²) in [4.78, 5) is 0. The van der Waals surface area contributed by atoms with Crippen LogP contribution < -0.4 is 5.32 Å². The van der Waals surface area contributed by atoms with Crippen LogP contribution in [0.15, 0.2) is 12.1 Å². The van der Waals surface area contributed by atoms with Gasteiger partial charge in [-0.3, -0.25) is 0 Å². The average molecular weight is 309 g/mol. The summed E-state index contributed by atoms with van der Waals surface area (Å²) in [6, 6.07) is 3.30. The first-order valence-electron chi connectivity index (χ1n) is 6.11. The molecular formula is C13H16Cl3NO. The van der Waals surface area contributed by atoms with Crippen molar-refractivity contribution in [1.82, 2.24) is 0 Å². The fraction of sp³-hybridized carbons (Fsp3) is 0.538. The van der Waals surface area contributed by atoms with Gasteiger partial charge in [0, 0.05) is 6.54 Å². The second-order valence-electron chi connectivity index (χ2n) is 4.88. The molecule has 1 aliphatic rings. The third kappa shape index (κ3) is 3.45. The van der Waals surface area contributed by atoms with Crippen molar-refractivity contribution in [1.29, 1.82) is 0 Å². The highest BCUT2D eigenvalue weighted by atomic mass is 35.5. The normalized spacial score (nSPS) is 18.7. The fourth-order valence-corrected chi connectivity index (χ4v) is 2.92. The van der Waals surface area contributed by atoms with Gasteiger partial charge in [-0.05, 0) is 25.0 Å². The van der Waals surface area contributed by atoms with Crippen LogP contribution in [0.4, 0.5) is 5.69 Å². The average Bonchev–Trinajstić information content (AvgIpc) is 2.33. The molecule has 1 fully saturated rings. The zero-order valence-corrected chi connectivity index (χ0v) is 12.2. The Morgan fingerprint density at radius 1 is 1.00 bits per heavy atom. The van der Waals surface area contributed by atoms with Crippen LogP contribution in [-0.2, 0) is 0 Å². The van der Waals surface area contributed by atoms with Crippen LogP contribution in [0.5, 0.6) is 0 Å². The van der Waals surface area contributed by atoms with Gasteiger partial charge in [0.1, 0.15) is 0 Å². The Bertz CT molecular complexity index is 430. The molecule has 1 aliphatic carbocycles. The first kappa shape index (κ1) is 14.3. The standard InChI is InChI=1S/C13H16Cl3NO/c14-9-6-11(16)12(7-10(9)15)17-8-13(18)4-2-1-3-5-13/h6-7,17-18H,1-5,8H2. The summed E-state index contributed by atoms with van der Waals surface area (Å²) in [6.45, 7) is 0.491. The molecule has 0 bridgehead atoms. The van der Waals surface area contributed by atoms with E-state index < -0.39 is 5.60 Å². The first-order valence-corrected chi connectivity index (χ1v) is 7.24. The van der Waals surface area contributed by atoms with Crippen molar-refractivity contribution in [2.45, 2.75) is 37.7 Å². The van der Waals surface area contributed by atoms with Crippen LogP contribution in [0.25, 0.3) is 0 Å². The monoisotopic (exact) mass is 307 g/mol. The van der Waals surface area contributed by atoms with Gasteiger partial charge in [-0.15, -0.1) is 0 Å². The van der Waals surface area contributed by atoms with Gasteiger partial charge in [0.15, 0.2) is 0 Å². The Labute approximate surface area is 122 Å². The van der Waals surface area contributed by atoms with E-state index in [0.29, 0.717) is 27.3 Å². The molecular weight excluding hydrogens is 293 g/mol. The summed E-state index contributed by atoms with van der Waals surface area (Å²) in [7, 11) is 0. The summed E-state index contributed by atoms with van der Waals surface area (Å²) in [5, 5.41) is 15.0. The Kier molecular flexibility index (Phi) is 4.65. The summed E-state index contributed by atoms with van der Waals surface area (Å²) in [5.41, 5.74) is 0.0818. The van der Waals surface area contributed by atoms with Crippen molar-refractivity contribution in [3.63, 3.8) is 0 Å². The van der Waals surface area contributed by atoms with Gasteiger partial charge in [-0.1, -0.05) is 54.1 Å². The number of hydrogen-bond donors (Lipinski definition) is 2. The molecule has 0 atom stereocenters. The maximum Gasteiger partial charge on any atom is 0.0819 e. The second-order valence-corrected chi connectivity index (χ2v) is 6.11. The van der Waals surface area contributed by atoms with E-state index in [0.717, 1.165) is 25.7 Å². The van der Waals surface area contributed by atoms with Crippen molar-refractivity contribution in [2.75, 3.05) is 11.9 Å². The molecule has 0 radical (unpaired) electrons. The third-order valence-electron chi connectivity index (χ3n) is 3.40. The number of rotatable bonds is 3. The largest absolute Gasteiger partial charge is 0.388 e. The molecule has 2 nitrogen and oxygen atoms in total. The lowest BCUT2D eigenvalue weighted by atomic mass is 9.85. The zero-order chi connectivity index (χ0) is 13.2. The van der Waals surface area contributed by atoms with Gasteiger partial charge in [-0.25, -0.2) is 0 Å². The predicted molar refractivity (Wildman–Crippen MR) is 78.0 cm³/mol. The topological polar surface area (TPSA) is 32.3 Å². The van der Waals surface area contributed by atoms with Crippen LogP contribution in [0.1, 0.15) is 32.1 Å². The molecule has 18 heavy (non-hydrogen) atoms. The number of aliphatic hydroxyl groups is 1. The lowest BCUT2D eigenvalue weighted by Gasteiger charge is -2.32. The Morgan fingerprint density at radius 3 is 2.28 bits per heavy atom. The molecule has 1 saturated carbocycles. The molecule has 0 spiro atoms. The van der Waals surface area contributed by atoms with Gasteiger partial charge >= 0.3 is 0 Å². The molecule has 0 amide bonds. The van der Waals surface area contributed by atoms with E-state index in [4.69, 9.17) is 34.8 Å². The SMILES string of the molecule is OC1(CNc2cc(Cl)c(Cl)cc2Cl)CCCCC1. The summed E-state index contributed by atoms with van der Waals surface area (Å²) in [5.74, 6) is 0. The van der Waals surface area contributed by atoms with Gasteiger partial charge in [-0.2, -0.15) is 0 Å². The molecule has 5 heteroatoms. The van der Waals surface area contributed by atoms with Gasteiger partial charge < -0.3 is 10.4 Å². The highest BCUT2D eigenvalue weighted by Crippen LogP contribution is 2.34. The van der Waals surface area contributed by atoms with Crippen LogP contribution in [-0.4, -0.2) is 17.3 Å². The highest BCUT2D eigenvalue weighted by Gasteiger charge is 2.28. The molecule has 100 valence electrons. The lowest BCUT2D eigenvalue weighted by molar-refractivity contribution is 0.0167. The van der Waals surface area contributed by atoms with Crippen molar-refractivity contribution in [3.05, 3.63) is 27.2 Å². The van der Waals surface area contributed by atoms with E-state index in [2.05, 4.69) is 5.32 Å². The van der Waals surface area contributed by atoms with Crippen LogP contribution >= 0.6 is 34.8 Å². The van der Waals surface area contributed by atoms with Crippen molar-refractivity contribution in [3.8, 4) is 0 Å². The molecule has 0 saturated heterocycles. The van der Waals surface area contributed by atoms with E-state index in [9.17, 15) is 5.11 Å². The summed E-state index contributed by atoms with van der Waals surface area (Å²) in [6.07, 6.45) is 5.02. The summed E-state index contributed by atoms with van der Waals surface area (Å²) >= 11 is 17.9. The predicted octanol–water partition coefficient (Wildman–Crippen LogP) is 4.75. The maximum atomic E-state index is 10.4. The van der Waals surface area contributed by atoms with Crippen LogP contribution in [0.2, 0.25) is 15.1 Å². The van der Waals surface area contributed by atoms with E-state index in [-0.39, 0.29) is 0 Å². The third-order valence-corrected chi connectivity index (χ3v) is 4.44. The number of hydrogen-bond acceptors (Lipinski definition) is 2. The van der Waals surface area contributed by atoms with Crippen molar-refractivity contribution < 1.29 is 5.11 Å². The molecule has 1 aromatic rings. The highest BCUT2D eigenvalue weighted by molar-refractivity contribution is 6.44. The maximum absolute atomic E-state index is 10.4. The lowest BCUT2D eigenvalue weighted by Crippen LogP contribution is -2.38. The minimum atomic E-state index is -0.631. The molecule has 1 aromatic carbocycles. The van der Waals surface area contributed by atoms with Crippen molar-refractivity contribution >= 4 is 40.5 Å². The number of benzene rings is 1. The van der Waals surface area contributed by atoms with E-state index in [1.165, 1.54) is 6.42 Å². The van der Waals surface area contributed by atoms with Crippen LogP contribution in [0.3, 0.4) is 0 Å². The van der Waals surface area contributed by atoms with Gasteiger partial charge in [0.05, 0.1) is 26.4 Å². The van der Waals surface area contributed by atoms with E-state index >= 15 is 0 Å². The Hall–Kier alpha value is -0.150. The van der Waals surface area contributed by atoms with Gasteiger partial charge in [0.25, 0.3) is 0 Å². The molecule has 0 heterocycles. The van der Waals surface area contributed by atoms with Crippen molar-refractivity contribution in [2.24, 2.45) is 0 Å². The quantitative estimate of drug-likeness (QED) is 0.790. The second kappa shape index (κ2) is 5.87. The minimum Gasteiger partial charge on any atom is -0.388 e. The van der Waals surface area contributed by atoms with E-state index in [1.54, 1.807) is 12.1 Å². The fourth-order valence-electron chi connectivity index (χ4n) is 2.30. The number of nitrogens with one attached hydrogen (secondary N) is 1. The molecule has 0 unspecified atom stereocenters. The zero-order valence-electron chi connectivity index (χ0n) is 9.98. The molecule has 2 rings (SSSR count). The molecule has 0 aromatic heterocycles. The van der Waals surface area contributed by atoms with Gasteiger partial charge in [0.2, 0.25) is 0 Å².